The molecule has 0 saturated carbocycles. The van der Waals surface area contributed by atoms with E-state index in [1.54, 1.807) is 7.11 Å². The molecule has 0 aliphatic rings. The second-order valence-electron chi connectivity index (χ2n) is 5.23. The van der Waals surface area contributed by atoms with E-state index in [-0.39, 0.29) is 6.10 Å². The summed E-state index contributed by atoms with van der Waals surface area (Å²) >= 11 is 0. The van der Waals surface area contributed by atoms with Crippen molar-refractivity contribution in [2.45, 2.75) is 51.7 Å². The van der Waals surface area contributed by atoms with Crippen molar-refractivity contribution in [2.75, 3.05) is 13.7 Å². The Morgan fingerprint density at radius 2 is 1.84 bits per heavy atom. The van der Waals surface area contributed by atoms with Crippen LogP contribution in [0.5, 0.6) is 5.75 Å². The fourth-order valence-electron chi connectivity index (χ4n) is 2.02. The first-order valence-corrected chi connectivity index (χ1v) is 7.16. The zero-order valence-corrected chi connectivity index (χ0v) is 12.4. The average molecular weight is 265 g/mol. The van der Waals surface area contributed by atoms with E-state index >= 15 is 0 Å². The van der Waals surface area contributed by atoms with Crippen LogP contribution in [0.15, 0.2) is 24.3 Å². The average Bonchev–Trinajstić information content (AvgIpc) is 2.41. The summed E-state index contributed by atoms with van der Waals surface area (Å²) in [7, 11) is 1.69. The van der Waals surface area contributed by atoms with Gasteiger partial charge in [-0.15, -0.1) is 0 Å². The van der Waals surface area contributed by atoms with Gasteiger partial charge in [0.25, 0.3) is 0 Å². The van der Waals surface area contributed by atoms with Crippen LogP contribution in [0.1, 0.15) is 38.7 Å². The smallest absolute Gasteiger partial charge is 0.118 e. The lowest BCUT2D eigenvalue weighted by Crippen LogP contribution is -2.27. The molecule has 108 valence electrons. The van der Waals surface area contributed by atoms with Crippen molar-refractivity contribution in [1.29, 1.82) is 0 Å². The molecule has 2 atom stereocenters. The molecule has 0 heterocycles. The van der Waals surface area contributed by atoms with Gasteiger partial charge in [0, 0.05) is 6.04 Å². The summed E-state index contributed by atoms with van der Waals surface area (Å²) < 4.78 is 5.15. The number of hydrogen-bond acceptors (Lipinski definition) is 3. The van der Waals surface area contributed by atoms with Crippen LogP contribution in [0, 0.1) is 0 Å². The van der Waals surface area contributed by atoms with Gasteiger partial charge in [-0.3, -0.25) is 0 Å². The van der Waals surface area contributed by atoms with Crippen LogP contribution in [-0.2, 0) is 6.42 Å². The lowest BCUT2D eigenvalue weighted by molar-refractivity contribution is 0.181. The molecular formula is C16H27NO2. The molecule has 1 aromatic rings. The van der Waals surface area contributed by atoms with Crippen molar-refractivity contribution in [3.8, 4) is 5.75 Å². The second-order valence-corrected chi connectivity index (χ2v) is 5.23. The van der Waals surface area contributed by atoms with Crippen molar-refractivity contribution < 1.29 is 9.84 Å². The van der Waals surface area contributed by atoms with Gasteiger partial charge in [0.2, 0.25) is 0 Å². The molecule has 1 rings (SSSR count). The molecule has 0 saturated heterocycles. The van der Waals surface area contributed by atoms with E-state index in [4.69, 9.17) is 4.74 Å². The van der Waals surface area contributed by atoms with Crippen LogP contribution in [0.4, 0.5) is 0 Å². The fraction of sp³-hybridized carbons (Fsp3) is 0.625. The van der Waals surface area contributed by atoms with Crippen molar-refractivity contribution in [3.05, 3.63) is 29.8 Å². The number of rotatable bonds is 9. The Morgan fingerprint density at radius 3 is 2.42 bits per heavy atom. The van der Waals surface area contributed by atoms with Crippen molar-refractivity contribution in [2.24, 2.45) is 0 Å². The molecule has 2 unspecified atom stereocenters. The molecule has 0 spiro atoms. The first-order valence-electron chi connectivity index (χ1n) is 7.16. The Balaban J connectivity index is 2.16. The highest BCUT2D eigenvalue weighted by Crippen LogP contribution is 2.13. The summed E-state index contributed by atoms with van der Waals surface area (Å²) in [5.74, 6) is 0.910. The molecule has 19 heavy (non-hydrogen) atoms. The molecule has 0 radical (unpaired) electrons. The maximum absolute atomic E-state index is 9.17. The Labute approximate surface area is 117 Å². The van der Waals surface area contributed by atoms with E-state index in [0.29, 0.717) is 6.04 Å². The molecule has 3 heteroatoms. The molecule has 0 amide bonds. The van der Waals surface area contributed by atoms with Crippen LogP contribution < -0.4 is 10.1 Å². The van der Waals surface area contributed by atoms with Gasteiger partial charge >= 0.3 is 0 Å². The van der Waals surface area contributed by atoms with Crippen LogP contribution >= 0.6 is 0 Å². The highest BCUT2D eigenvalue weighted by Gasteiger charge is 2.03. The third-order valence-corrected chi connectivity index (χ3v) is 3.32. The predicted octanol–water partition coefficient (Wildman–Crippen LogP) is 2.77. The van der Waals surface area contributed by atoms with Crippen LogP contribution in [-0.4, -0.2) is 30.9 Å². The number of aryl methyl sites for hydroxylation is 1. The predicted molar refractivity (Wildman–Crippen MR) is 79.7 cm³/mol. The van der Waals surface area contributed by atoms with Crippen LogP contribution in [0.2, 0.25) is 0 Å². The van der Waals surface area contributed by atoms with E-state index in [1.165, 1.54) is 5.56 Å². The third kappa shape index (κ3) is 7.19. The Bertz CT molecular complexity index is 335. The third-order valence-electron chi connectivity index (χ3n) is 3.32. The van der Waals surface area contributed by atoms with E-state index in [2.05, 4.69) is 24.4 Å². The standard InChI is InChI=1S/C16H27NO2/c1-13(17-12-4-5-14(2)18)6-7-15-8-10-16(19-3)11-9-15/h8-11,13-14,17-18H,4-7,12H2,1-3H3. The zero-order chi connectivity index (χ0) is 14.1. The lowest BCUT2D eigenvalue weighted by Gasteiger charge is -2.14. The first kappa shape index (κ1) is 16.0. The minimum atomic E-state index is -0.184. The van der Waals surface area contributed by atoms with Gasteiger partial charge in [0.1, 0.15) is 5.75 Å². The van der Waals surface area contributed by atoms with Crippen LogP contribution in [0.3, 0.4) is 0 Å². The molecule has 1 aromatic carbocycles. The molecule has 3 nitrogen and oxygen atoms in total. The Hall–Kier alpha value is -1.06. The van der Waals surface area contributed by atoms with Gasteiger partial charge in [-0.25, -0.2) is 0 Å². The number of nitrogens with one attached hydrogen (secondary N) is 1. The Kier molecular flexibility index (Phi) is 7.53. The molecule has 2 N–H and O–H groups in total. The summed E-state index contributed by atoms with van der Waals surface area (Å²) in [6, 6.07) is 8.78. The van der Waals surface area contributed by atoms with Gasteiger partial charge in [0.15, 0.2) is 0 Å². The summed E-state index contributed by atoms with van der Waals surface area (Å²) in [5, 5.41) is 12.7. The van der Waals surface area contributed by atoms with Gasteiger partial charge in [0.05, 0.1) is 13.2 Å². The maximum Gasteiger partial charge on any atom is 0.118 e. The van der Waals surface area contributed by atoms with Gasteiger partial charge in [-0.1, -0.05) is 12.1 Å². The van der Waals surface area contributed by atoms with Gasteiger partial charge < -0.3 is 15.2 Å². The van der Waals surface area contributed by atoms with Crippen molar-refractivity contribution in [1.82, 2.24) is 5.32 Å². The number of benzene rings is 1. The normalized spacial score (nSPS) is 14.1. The first-order chi connectivity index (χ1) is 9.11. The topological polar surface area (TPSA) is 41.5 Å². The SMILES string of the molecule is COc1ccc(CCC(C)NCCCC(C)O)cc1. The fourth-order valence-corrected chi connectivity index (χ4v) is 2.02. The lowest BCUT2D eigenvalue weighted by atomic mass is 10.1. The summed E-state index contributed by atoms with van der Waals surface area (Å²) in [6.45, 7) is 5.04. The molecule has 0 bridgehead atoms. The minimum Gasteiger partial charge on any atom is -0.497 e. The van der Waals surface area contributed by atoms with E-state index in [9.17, 15) is 5.11 Å². The second kappa shape index (κ2) is 8.94. The number of methoxy groups -OCH3 is 1. The molecule has 0 aromatic heterocycles. The van der Waals surface area contributed by atoms with Crippen LogP contribution in [0.25, 0.3) is 0 Å². The molecule has 0 fully saturated rings. The van der Waals surface area contributed by atoms with Crippen molar-refractivity contribution in [3.63, 3.8) is 0 Å². The molecular weight excluding hydrogens is 238 g/mol. The number of hydrogen-bond donors (Lipinski definition) is 2. The highest BCUT2D eigenvalue weighted by atomic mass is 16.5. The zero-order valence-electron chi connectivity index (χ0n) is 12.4. The van der Waals surface area contributed by atoms with Gasteiger partial charge in [-0.05, 0) is 63.8 Å². The minimum absolute atomic E-state index is 0.184. The van der Waals surface area contributed by atoms with E-state index in [0.717, 1.165) is 38.0 Å². The summed E-state index contributed by atoms with van der Waals surface area (Å²) in [5.41, 5.74) is 1.35. The summed E-state index contributed by atoms with van der Waals surface area (Å²) in [4.78, 5) is 0. The number of aliphatic hydroxyl groups excluding tert-OH is 1. The quantitative estimate of drug-likeness (QED) is 0.675. The number of ether oxygens (including phenoxy) is 1. The largest absolute Gasteiger partial charge is 0.497 e. The van der Waals surface area contributed by atoms with Gasteiger partial charge in [-0.2, -0.15) is 0 Å². The summed E-state index contributed by atoms with van der Waals surface area (Å²) in [6.07, 6.45) is 3.93. The Morgan fingerprint density at radius 1 is 1.16 bits per heavy atom. The maximum atomic E-state index is 9.17. The van der Waals surface area contributed by atoms with E-state index in [1.807, 2.05) is 19.1 Å². The molecule has 0 aliphatic heterocycles. The molecule has 0 aliphatic carbocycles. The van der Waals surface area contributed by atoms with E-state index < -0.39 is 0 Å². The monoisotopic (exact) mass is 265 g/mol. The van der Waals surface area contributed by atoms with Crippen molar-refractivity contribution >= 4 is 0 Å². The highest BCUT2D eigenvalue weighted by molar-refractivity contribution is 5.27. The number of aliphatic hydroxyl groups is 1.